The monoisotopic (exact) mass is 259 g/mol. The Morgan fingerprint density at radius 1 is 1.50 bits per heavy atom. The number of aromatic nitrogens is 2. The zero-order valence-electron chi connectivity index (χ0n) is 9.49. The van der Waals surface area contributed by atoms with E-state index in [0.717, 1.165) is 28.2 Å². The average molecular weight is 259 g/mol. The van der Waals surface area contributed by atoms with Crippen molar-refractivity contribution in [3.8, 4) is 5.88 Å². The van der Waals surface area contributed by atoms with E-state index in [4.69, 9.17) is 0 Å². The molecule has 6 heteroatoms. The molecular formula is C12H9N3O2S. The Hall–Kier alpha value is -2.21. The largest absolute Gasteiger partial charge is 0.493 e. The summed E-state index contributed by atoms with van der Waals surface area (Å²) in [7, 11) is 1.54. The summed E-state index contributed by atoms with van der Waals surface area (Å²) in [5.41, 5.74) is 2.61. The van der Waals surface area contributed by atoms with Gasteiger partial charge in [-0.1, -0.05) is 11.3 Å². The number of hydrogen-bond acceptors (Lipinski definition) is 5. The van der Waals surface area contributed by atoms with Crippen molar-refractivity contribution in [2.75, 3.05) is 0 Å². The van der Waals surface area contributed by atoms with Gasteiger partial charge in [0.1, 0.15) is 0 Å². The minimum atomic E-state index is -0.191. The first-order valence-electron chi connectivity index (χ1n) is 5.26. The first-order chi connectivity index (χ1) is 8.66. The predicted octanol–water partition coefficient (Wildman–Crippen LogP) is 1.80. The van der Waals surface area contributed by atoms with Crippen LogP contribution < -0.4 is 4.87 Å². The lowest BCUT2D eigenvalue weighted by atomic mass is 10.1. The number of nitrogens with zero attached hydrogens (tertiary/aromatic N) is 3. The first-order valence-corrected chi connectivity index (χ1v) is 6.07. The van der Waals surface area contributed by atoms with Crippen molar-refractivity contribution in [1.29, 1.82) is 0 Å². The normalized spacial score (nSPS) is 15.3. The number of hydrogen-bond donors (Lipinski definition) is 1. The van der Waals surface area contributed by atoms with Crippen molar-refractivity contribution in [2.45, 2.75) is 0 Å². The van der Waals surface area contributed by atoms with Crippen molar-refractivity contribution in [3.05, 3.63) is 38.6 Å². The Morgan fingerprint density at radius 3 is 3.06 bits per heavy atom. The lowest BCUT2D eigenvalue weighted by molar-refractivity contribution is 0.428. The second-order valence-corrected chi connectivity index (χ2v) is 4.86. The Kier molecular flexibility index (Phi) is 2.38. The van der Waals surface area contributed by atoms with Gasteiger partial charge in [0.2, 0.25) is 5.88 Å². The van der Waals surface area contributed by atoms with Gasteiger partial charge in [-0.05, 0) is 12.1 Å². The van der Waals surface area contributed by atoms with Gasteiger partial charge in [0.15, 0.2) is 0 Å². The molecule has 3 heterocycles. The molecule has 0 aliphatic carbocycles. The zero-order valence-corrected chi connectivity index (χ0v) is 10.3. The third-order valence-electron chi connectivity index (χ3n) is 2.75. The van der Waals surface area contributed by atoms with Crippen molar-refractivity contribution < 1.29 is 5.11 Å². The summed E-state index contributed by atoms with van der Waals surface area (Å²) in [6.45, 7) is 0. The summed E-state index contributed by atoms with van der Waals surface area (Å²) in [6.07, 6.45) is 6.83. The third-order valence-corrected chi connectivity index (χ3v) is 3.72. The van der Waals surface area contributed by atoms with E-state index in [1.807, 2.05) is 6.07 Å². The van der Waals surface area contributed by atoms with Crippen LogP contribution in [0.5, 0.6) is 5.88 Å². The topological polar surface area (TPSA) is 67.5 Å². The van der Waals surface area contributed by atoms with Crippen LogP contribution in [0.1, 0.15) is 10.4 Å². The summed E-state index contributed by atoms with van der Waals surface area (Å²) < 4.78 is 1.22. The molecule has 0 saturated carbocycles. The van der Waals surface area contributed by atoms with Crippen molar-refractivity contribution in [2.24, 2.45) is 12.0 Å². The van der Waals surface area contributed by atoms with Crippen LogP contribution in [0.15, 0.2) is 28.2 Å². The van der Waals surface area contributed by atoms with E-state index in [2.05, 4.69) is 9.98 Å². The number of thiazole rings is 1. The van der Waals surface area contributed by atoms with E-state index in [1.165, 1.54) is 11.6 Å². The molecule has 2 aromatic heterocycles. The highest BCUT2D eigenvalue weighted by Gasteiger charge is 2.14. The van der Waals surface area contributed by atoms with Crippen LogP contribution in [-0.4, -0.2) is 20.9 Å². The lowest BCUT2D eigenvalue weighted by Crippen LogP contribution is -2.05. The Balaban J connectivity index is 2.12. The average Bonchev–Trinajstić information content (AvgIpc) is 2.89. The van der Waals surface area contributed by atoms with Crippen LogP contribution in [0.25, 0.3) is 11.6 Å². The predicted molar refractivity (Wildman–Crippen MR) is 71.5 cm³/mol. The van der Waals surface area contributed by atoms with Crippen LogP contribution in [0.4, 0.5) is 5.69 Å². The molecular weight excluding hydrogens is 250 g/mol. The van der Waals surface area contributed by atoms with Crippen LogP contribution in [0, 0.1) is 0 Å². The Bertz CT molecular complexity index is 740. The molecule has 0 spiro atoms. The van der Waals surface area contributed by atoms with Gasteiger partial charge < -0.3 is 5.11 Å². The second kappa shape index (κ2) is 3.92. The number of aromatic hydroxyl groups is 1. The molecule has 90 valence electrons. The van der Waals surface area contributed by atoms with Gasteiger partial charge in [-0.25, -0.2) is 0 Å². The van der Waals surface area contributed by atoms with Crippen LogP contribution in [-0.2, 0) is 7.05 Å². The van der Waals surface area contributed by atoms with Crippen molar-refractivity contribution >= 4 is 34.9 Å². The summed E-state index contributed by atoms with van der Waals surface area (Å²) in [5, 5.41) is 9.80. The van der Waals surface area contributed by atoms with E-state index >= 15 is 0 Å². The van der Waals surface area contributed by atoms with E-state index in [9.17, 15) is 9.90 Å². The molecule has 0 bridgehead atoms. The summed E-state index contributed by atoms with van der Waals surface area (Å²) in [5.74, 6) is -0.0200. The maximum atomic E-state index is 11.4. The third kappa shape index (κ3) is 1.58. The minimum Gasteiger partial charge on any atom is -0.493 e. The molecule has 1 aliphatic rings. The van der Waals surface area contributed by atoms with Gasteiger partial charge in [-0.15, -0.1) is 0 Å². The van der Waals surface area contributed by atoms with Gasteiger partial charge in [0.25, 0.3) is 0 Å². The molecule has 5 nitrogen and oxygen atoms in total. The molecule has 1 N–H and O–H groups in total. The fraction of sp³-hybridized carbons (Fsp3) is 0.0833. The Labute approximate surface area is 106 Å². The number of aliphatic imine (C=N–C) groups is 1. The number of allylic oxidation sites excluding steroid dienone is 1. The van der Waals surface area contributed by atoms with Crippen molar-refractivity contribution in [3.63, 3.8) is 0 Å². The second-order valence-electron chi connectivity index (χ2n) is 3.87. The molecule has 0 unspecified atom stereocenters. The quantitative estimate of drug-likeness (QED) is 0.849. The minimum absolute atomic E-state index is 0.0200. The molecule has 0 saturated heterocycles. The van der Waals surface area contributed by atoms with E-state index < -0.39 is 0 Å². The van der Waals surface area contributed by atoms with Gasteiger partial charge in [-0.2, -0.15) is 0 Å². The number of fused-ring (bicyclic) bond motifs is 1. The molecule has 1 aliphatic heterocycles. The molecule has 0 aromatic carbocycles. The van der Waals surface area contributed by atoms with Crippen LogP contribution in [0.3, 0.4) is 0 Å². The smallest absolute Gasteiger partial charge is 0.310 e. The molecule has 0 fully saturated rings. The maximum Gasteiger partial charge on any atom is 0.310 e. The number of rotatable bonds is 1. The molecule has 0 atom stereocenters. The zero-order chi connectivity index (χ0) is 12.7. The highest BCUT2D eigenvalue weighted by atomic mass is 32.1. The summed E-state index contributed by atoms with van der Waals surface area (Å²) in [4.78, 5) is 20.0. The molecule has 18 heavy (non-hydrogen) atoms. The van der Waals surface area contributed by atoms with Gasteiger partial charge in [-0.3, -0.25) is 19.3 Å². The van der Waals surface area contributed by atoms with E-state index in [0.29, 0.717) is 4.88 Å². The van der Waals surface area contributed by atoms with Crippen LogP contribution >= 0.6 is 11.3 Å². The molecule has 0 radical (unpaired) electrons. The van der Waals surface area contributed by atoms with E-state index in [1.54, 1.807) is 24.7 Å². The fourth-order valence-corrected chi connectivity index (χ4v) is 2.58. The SMILES string of the molecule is Cn1c(O)c(/C=C2\C=Nc3cnccc32)sc1=O. The van der Waals surface area contributed by atoms with Gasteiger partial charge >= 0.3 is 4.87 Å². The highest BCUT2D eigenvalue weighted by molar-refractivity contribution is 7.10. The molecule has 0 amide bonds. The standard InChI is InChI=1S/C12H9N3O2S/c1-15-11(16)10(18-12(15)17)4-7-5-14-9-6-13-3-2-8(7)9/h2-6,16H,1H3/b7-4+. The molecule has 2 aromatic rings. The first kappa shape index (κ1) is 10.9. The van der Waals surface area contributed by atoms with Crippen molar-refractivity contribution in [1.82, 2.24) is 9.55 Å². The number of pyridine rings is 1. The fourth-order valence-electron chi connectivity index (χ4n) is 1.75. The summed E-state index contributed by atoms with van der Waals surface area (Å²) in [6, 6.07) is 1.86. The van der Waals surface area contributed by atoms with Gasteiger partial charge in [0.05, 0.1) is 16.8 Å². The maximum absolute atomic E-state index is 11.4. The lowest BCUT2D eigenvalue weighted by Gasteiger charge is -1.98. The summed E-state index contributed by atoms with van der Waals surface area (Å²) >= 11 is 1.01. The van der Waals surface area contributed by atoms with E-state index in [-0.39, 0.29) is 10.8 Å². The Morgan fingerprint density at radius 2 is 2.33 bits per heavy atom. The van der Waals surface area contributed by atoms with Crippen LogP contribution in [0.2, 0.25) is 0 Å². The van der Waals surface area contributed by atoms with Gasteiger partial charge in [0, 0.05) is 30.6 Å². The molecule has 3 rings (SSSR count). The highest BCUT2D eigenvalue weighted by Crippen LogP contribution is 2.33.